The fourth-order valence-electron chi connectivity index (χ4n) is 2.07. The second kappa shape index (κ2) is 5.05. The third-order valence-corrected chi connectivity index (χ3v) is 3.94. The number of aromatic amines is 1. The summed E-state index contributed by atoms with van der Waals surface area (Å²) in [5.41, 5.74) is 0.308. The number of nitrogens with one attached hydrogen (secondary N) is 1. The first-order valence-electron chi connectivity index (χ1n) is 5.63. The standard InChI is InChI=1S/C13H5Cl2F3N2S/c14-6-3-10-11(4-7(6)15)20(13(21)19-10)12-8(17)1-5(16)2-9(12)18/h1-4H,(H,19,21). The highest BCUT2D eigenvalue weighted by molar-refractivity contribution is 7.71. The third-order valence-electron chi connectivity index (χ3n) is 2.93. The Labute approximate surface area is 131 Å². The van der Waals surface area contributed by atoms with E-state index < -0.39 is 23.1 Å². The van der Waals surface area contributed by atoms with E-state index in [1.807, 2.05) is 0 Å². The lowest BCUT2D eigenvalue weighted by molar-refractivity contribution is 0.535. The van der Waals surface area contributed by atoms with Gasteiger partial charge in [0.1, 0.15) is 11.5 Å². The average molecular weight is 349 g/mol. The molecule has 3 aromatic rings. The van der Waals surface area contributed by atoms with E-state index in [4.69, 9.17) is 35.4 Å². The Kier molecular flexibility index (Phi) is 3.47. The molecule has 21 heavy (non-hydrogen) atoms. The van der Waals surface area contributed by atoms with Crippen LogP contribution in [0, 0.1) is 22.2 Å². The van der Waals surface area contributed by atoms with Crippen LogP contribution in [0.15, 0.2) is 24.3 Å². The van der Waals surface area contributed by atoms with Gasteiger partial charge in [0.25, 0.3) is 0 Å². The maximum absolute atomic E-state index is 13.9. The van der Waals surface area contributed by atoms with Crippen molar-refractivity contribution >= 4 is 46.5 Å². The maximum atomic E-state index is 13.9. The van der Waals surface area contributed by atoms with Crippen molar-refractivity contribution in [2.45, 2.75) is 0 Å². The molecule has 1 aromatic heterocycles. The number of hydrogen-bond acceptors (Lipinski definition) is 1. The van der Waals surface area contributed by atoms with Crippen molar-refractivity contribution in [3.63, 3.8) is 0 Å². The molecule has 0 aliphatic carbocycles. The van der Waals surface area contributed by atoms with Crippen LogP contribution in [-0.4, -0.2) is 9.55 Å². The molecule has 0 radical (unpaired) electrons. The predicted molar refractivity (Wildman–Crippen MR) is 78.4 cm³/mol. The number of fused-ring (bicyclic) bond motifs is 1. The molecule has 1 heterocycles. The molecule has 8 heteroatoms. The van der Waals surface area contributed by atoms with Gasteiger partial charge < -0.3 is 4.98 Å². The summed E-state index contributed by atoms with van der Waals surface area (Å²) in [5.74, 6) is -3.16. The molecule has 0 amide bonds. The fourth-order valence-corrected chi connectivity index (χ4v) is 2.69. The summed E-state index contributed by atoms with van der Waals surface area (Å²) in [4.78, 5) is 2.77. The van der Waals surface area contributed by atoms with Crippen LogP contribution in [-0.2, 0) is 0 Å². The van der Waals surface area contributed by atoms with Crippen LogP contribution in [0.5, 0.6) is 0 Å². The summed E-state index contributed by atoms with van der Waals surface area (Å²) in [6.07, 6.45) is 0. The number of benzene rings is 2. The van der Waals surface area contributed by atoms with Gasteiger partial charge in [-0.2, -0.15) is 0 Å². The molecule has 0 bridgehead atoms. The topological polar surface area (TPSA) is 20.7 Å². The lowest BCUT2D eigenvalue weighted by atomic mass is 10.2. The van der Waals surface area contributed by atoms with E-state index in [-0.39, 0.29) is 14.8 Å². The Bertz CT molecular complexity index is 910. The van der Waals surface area contributed by atoms with Crippen molar-refractivity contribution in [2.24, 2.45) is 0 Å². The van der Waals surface area contributed by atoms with E-state index in [0.29, 0.717) is 23.2 Å². The van der Waals surface area contributed by atoms with Crippen LogP contribution < -0.4 is 0 Å². The number of nitrogens with zero attached hydrogens (tertiary/aromatic N) is 1. The quantitative estimate of drug-likeness (QED) is 0.583. The highest BCUT2D eigenvalue weighted by Gasteiger charge is 2.18. The first-order chi connectivity index (χ1) is 9.88. The molecule has 0 aliphatic heterocycles. The molecule has 0 saturated heterocycles. The van der Waals surface area contributed by atoms with E-state index in [9.17, 15) is 13.2 Å². The molecule has 0 unspecified atom stereocenters. The highest BCUT2D eigenvalue weighted by atomic mass is 35.5. The van der Waals surface area contributed by atoms with Gasteiger partial charge in [-0.1, -0.05) is 23.2 Å². The van der Waals surface area contributed by atoms with Gasteiger partial charge in [-0.05, 0) is 24.4 Å². The molecular formula is C13H5Cl2F3N2S. The zero-order valence-corrected chi connectivity index (χ0v) is 12.4. The van der Waals surface area contributed by atoms with Crippen LogP contribution in [0.3, 0.4) is 0 Å². The molecule has 108 valence electrons. The van der Waals surface area contributed by atoms with Gasteiger partial charge in [0.05, 0.1) is 21.1 Å². The summed E-state index contributed by atoms with van der Waals surface area (Å²) in [5, 5.41) is 0.475. The maximum Gasteiger partial charge on any atom is 0.182 e. The number of hydrogen-bond donors (Lipinski definition) is 1. The minimum atomic E-state index is -1.07. The minimum Gasteiger partial charge on any atom is -0.330 e. The lowest BCUT2D eigenvalue weighted by Crippen LogP contribution is -2.02. The number of halogens is 5. The largest absolute Gasteiger partial charge is 0.330 e. The van der Waals surface area contributed by atoms with E-state index in [0.717, 1.165) is 4.57 Å². The van der Waals surface area contributed by atoms with Gasteiger partial charge in [0.15, 0.2) is 16.4 Å². The molecule has 0 atom stereocenters. The van der Waals surface area contributed by atoms with Gasteiger partial charge >= 0.3 is 0 Å². The fraction of sp³-hybridized carbons (Fsp3) is 0. The average Bonchev–Trinajstić information content (AvgIpc) is 2.66. The Morgan fingerprint density at radius 2 is 1.52 bits per heavy atom. The number of rotatable bonds is 1. The van der Waals surface area contributed by atoms with Crippen molar-refractivity contribution in [3.05, 3.63) is 56.5 Å². The van der Waals surface area contributed by atoms with Crippen molar-refractivity contribution in [2.75, 3.05) is 0 Å². The monoisotopic (exact) mass is 348 g/mol. The number of imidazole rings is 1. The zero-order valence-electron chi connectivity index (χ0n) is 10.1. The smallest absolute Gasteiger partial charge is 0.182 e. The Hall–Kier alpha value is -1.50. The number of aromatic nitrogens is 2. The molecule has 0 saturated carbocycles. The molecule has 2 aromatic carbocycles. The van der Waals surface area contributed by atoms with Crippen molar-refractivity contribution in [3.8, 4) is 5.69 Å². The first-order valence-corrected chi connectivity index (χ1v) is 6.79. The van der Waals surface area contributed by atoms with Crippen LogP contribution in [0.4, 0.5) is 13.2 Å². The van der Waals surface area contributed by atoms with E-state index in [2.05, 4.69) is 4.98 Å². The third kappa shape index (κ3) is 2.33. The van der Waals surface area contributed by atoms with Crippen LogP contribution in [0.25, 0.3) is 16.7 Å². The van der Waals surface area contributed by atoms with Gasteiger partial charge in [-0.3, -0.25) is 4.57 Å². The van der Waals surface area contributed by atoms with Crippen molar-refractivity contribution in [1.29, 1.82) is 0 Å². The molecule has 2 nitrogen and oxygen atoms in total. The second-order valence-corrected chi connectivity index (χ2v) is 5.47. The summed E-state index contributed by atoms with van der Waals surface area (Å²) in [7, 11) is 0. The zero-order chi connectivity index (χ0) is 15.3. The van der Waals surface area contributed by atoms with Crippen molar-refractivity contribution in [1.82, 2.24) is 9.55 Å². The van der Waals surface area contributed by atoms with E-state index in [1.54, 1.807) is 0 Å². The molecule has 1 N–H and O–H groups in total. The SMILES string of the molecule is Fc1cc(F)c(-n2c(=S)[nH]c3cc(Cl)c(Cl)cc32)c(F)c1. The van der Waals surface area contributed by atoms with Crippen molar-refractivity contribution < 1.29 is 13.2 Å². The normalized spacial score (nSPS) is 11.3. The predicted octanol–water partition coefficient (Wildman–Crippen LogP) is 5.41. The summed E-state index contributed by atoms with van der Waals surface area (Å²) < 4.78 is 42.0. The molecule has 0 aliphatic rings. The Morgan fingerprint density at radius 1 is 0.952 bits per heavy atom. The first kappa shape index (κ1) is 14.4. The minimum absolute atomic E-state index is 0.0349. The second-order valence-electron chi connectivity index (χ2n) is 4.27. The molecular weight excluding hydrogens is 344 g/mol. The molecule has 0 spiro atoms. The van der Waals surface area contributed by atoms with Gasteiger partial charge in [-0.25, -0.2) is 13.2 Å². The van der Waals surface area contributed by atoms with Crippen LogP contribution in [0.1, 0.15) is 0 Å². The summed E-state index contributed by atoms with van der Waals surface area (Å²) in [6, 6.07) is 4.08. The lowest BCUT2D eigenvalue weighted by Gasteiger charge is -2.08. The van der Waals surface area contributed by atoms with Gasteiger partial charge in [-0.15, -0.1) is 0 Å². The summed E-state index contributed by atoms with van der Waals surface area (Å²) in [6.45, 7) is 0. The Morgan fingerprint density at radius 3 is 2.14 bits per heavy atom. The highest BCUT2D eigenvalue weighted by Crippen LogP contribution is 2.30. The van der Waals surface area contributed by atoms with Crippen LogP contribution in [0.2, 0.25) is 10.0 Å². The number of H-pyrrole nitrogens is 1. The Balaban J connectivity index is 2.44. The van der Waals surface area contributed by atoms with Crippen LogP contribution >= 0.6 is 35.4 Å². The van der Waals surface area contributed by atoms with Gasteiger partial charge in [0.2, 0.25) is 0 Å². The van der Waals surface area contributed by atoms with E-state index >= 15 is 0 Å². The van der Waals surface area contributed by atoms with Gasteiger partial charge in [0, 0.05) is 12.1 Å². The molecule has 3 rings (SSSR count). The molecule has 0 fully saturated rings. The summed E-state index contributed by atoms with van der Waals surface area (Å²) >= 11 is 16.9. The van der Waals surface area contributed by atoms with E-state index in [1.165, 1.54) is 12.1 Å².